The van der Waals surface area contributed by atoms with Gasteiger partial charge in [0.2, 0.25) is 5.88 Å². The van der Waals surface area contributed by atoms with E-state index in [0.717, 1.165) is 0 Å². The van der Waals surface area contributed by atoms with Crippen LogP contribution in [0.3, 0.4) is 0 Å². The van der Waals surface area contributed by atoms with Crippen LogP contribution < -0.4 is 10.5 Å². The van der Waals surface area contributed by atoms with Crippen LogP contribution in [0.25, 0.3) is 0 Å². The van der Waals surface area contributed by atoms with Crippen LogP contribution >= 0.6 is 0 Å². The minimum absolute atomic E-state index is 0.398. The average Bonchev–Trinajstić information content (AvgIpc) is 2.25. The molecule has 1 aromatic heterocycles. The summed E-state index contributed by atoms with van der Waals surface area (Å²) < 4.78 is 9.81. The molecule has 0 saturated heterocycles. The standard InChI is InChI=1S/C10H14N2O3/c1-7-8(10(13)14-2)3-4-9(12-7)15-6-5-11/h3-4H,5-6,11H2,1-2H3. The van der Waals surface area contributed by atoms with Crippen molar-refractivity contribution in [2.45, 2.75) is 6.92 Å². The molecule has 0 atom stereocenters. The highest BCUT2D eigenvalue weighted by molar-refractivity contribution is 5.90. The molecule has 0 saturated carbocycles. The van der Waals surface area contributed by atoms with Crippen molar-refractivity contribution >= 4 is 5.97 Å². The van der Waals surface area contributed by atoms with E-state index in [4.69, 9.17) is 10.5 Å². The van der Waals surface area contributed by atoms with E-state index < -0.39 is 5.97 Å². The van der Waals surface area contributed by atoms with E-state index in [1.165, 1.54) is 7.11 Å². The third-order valence-corrected chi connectivity index (χ3v) is 1.83. The summed E-state index contributed by atoms with van der Waals surface area (Å²) in [5, 5.41) is 0. The lowest BCUT2D eigenvalue weighted by Gasteiger charge is -2.06. The van der Waals surface area contributed by atoms with Gasteiger partial charge in [0.15, 0.2) is 0 Å². The van der Waals surface area contributed by atoms with Crippen molar-refractivity contribution in [3.8, 4) is 5.88 Å². The Morgan fingerprint density at radius 1 is 1.53 bits per heavy atom. The van der Waals surface area contributed by atoms with Gasteiger partial charge < -0.3 is 15.2 Å². The zero-order valence-electron chi connectivity index (χ0n) is 8.82. The Morgan fingerprint density at radius 3 is 2.80 bits per heavy atom. The molecule has 5 nitrogen and oxygen atoms in total. The summed E-state index contributed by atoms with van der Waals surface area (Å²) in [5.74, 6) is 0.0657. The number of rotatable bonds is 4. The predicted molar refractivity (Wildman–Crippen MR) is 54.9 cm³/mol. The third-order valence-electron chi connectivity index (χ3n) is 1.83. The zero-order chi connectivity index (χ0) is 11.3. The fourth-order valence-corrected chi connectivity index (χ4v) is 1.11. The first-order valence-electron chi connectivity index (χ1n) is 4.58. The lowest BCUT2D eigenvalue weighted by atomic mass is 10.2. The Kier molecular flexibility index (Phi) is 4.05. The van der Waals surface area contributed by atoms with Crippen LogP contribution in [0.2, 0.25) is 0 Å². The largest absolute Gasteiger partial charge is 0.476 e. The SMILES string of the molecule is COC(=O)c1ccc(OCCN)nc1C. The van der Waals surface area contributed by atoms with E-state index in [2.05, 4.69) is 9.72 Å². The summed E-state index contributed by atoms with van der Waals surface area (Å²) in [6.07, 6.45) is 0. The topological polar surface area (TPSA) is 74.4 Å². The molecule has 82 valence electrons. The minimum atomic E-state index is -0.398. The third kappa shape index (κ3) is 2.92. The second-order valence-corrected chi connectivity index (χ2v) is 2.91. The van der Waals surface area contributed by atoms with Crippen LogP contribution in [-0.2, 0) is 4.74 Å². The maximum atomic E-state index is 11.2. The van der Waals surface area contributed by atoms with Gasteiger partial charge in [-0.25, -0.2) is 9.78 Å². The number of carbonyl (C=O) groups excluding carboxylic acids is 1. The molecule has 5 heteroatoms. The number of pyridine rings is 1. The quantitative estimate of drug-likeness (QED) is 0.733. The second-order valence-electron chi connectivity index (χ2n) is 2.91. The molecule has 0 fully saturated rings. The van der Waals surface area contributed by atoms with Crippen molar-refractivity contribution < 1.29 is 14.3 Å². The number of hydrogen-bond acceptors (Lipinski definition) is 5. The van der Waals surface area contributed by atoms with Crippen molar-refractivity contribution in [1.29, 1.82) is 0 Å². The molecule has 2 N–H and O–H groups in total. The number of aryl methyl sites for hydroxylation is 1. The van der Waals surface area contributed by atoms with E-state index in [0.29, 0.717) is 30.3 Å². The number of ether oxygens (including phenoxy) is 2. The highest BCUT2D eigenvalue weighted by Crippen LogP contribution is 2.13. The van der Waals surface area contributed by atoms with Gasteiger partial charge >= 0.3 is 5.97 Å². The van der Waals surface area contributed by atoms with Crippen LogP contribution in [-0.4, -0.2) is 31.2 Å². The second kappa shape index (κ2) is 5.31. The zero-order valence-corrected chi connectivity index (χ0v) is 8.82. The molecule has 0 aromatic carbocycles. The molecule has 0 aliphatic carbocycles. The number of aromatic nitrogens is 1. The summed E-state index contributed by atoms with van der Waals surface area (Å²) in [6, 6.07) is 3.24. The first kappa shape index (κ1) is 11.5. The number of nitrogens with two attached hydrogens (primary N) is 1. The molecule has 1 aromatic rings. The van der Waals surface area contributed by atoms with E-state index in [1.807, 2.05) is 0 Å². The molecule has 0 aliphatic heterocycles. The fraction of sp³-hybridized carbons (Fsp3) is 0.400. The molecule has 15 heavy (non-hydrogen) atoms. The van der Waals surface area contributed by atoms with Crippen molar-refractivity contribution in [2.24, 2.45) is 5.73 Å². The molecule has 1 rings (SSSR count). The van der Waals surface area contributed by atoms with Gasteiger partial charge in [-0.1, -0.05) is 0 Å². The van der Waals surface area contributed by atoms with Gasteiger partial charge in [0, 0.05) is 12.6 Å². The maximum absolute atomic E-state index is 11.2. The maximum Gasteiger partial charge on any atom is 0.339 e. The molecular formula is C10H14N2O3. The monoisotopic (exact) mass is 210 g/mol. The smallest absolute Gasteiger partial charge is 0.339 e. The van der Waals surface area contributed by atoms with Crippen molar-refractivity contribution in [3.63, 3.8) is 0 Å². The average molecular weight is 210 g/mol. The number of hydrogen-bond donors (Lipinski definition) is 1. The summed E-state index contributed by atoms with van der Waals surface area (Å²) >= 11 is 0. The summed E-state index contributed by atoms with van der Waals surface area (Å²) in [5.41, 5.74) is 6.31. The van der Waals surface area contributed by atoms with Crippen LogP contribution in [0, 0.1) is 6.92 Å². The van der Waals surface area contributed by atoms with Gasteiger partial charge in [0.05, 0.1) is 18.4 Å². The molecule has 0 aliphatic rings. The molecule has 1 heterocycles. The lowest BCUT2D eigenvalue weighted by molar-refractivity contribution is 0.0599. The van der Waals surface area contributed by atoms with E-state index in [-0.39, 0.29) is 0 Å². The molecule has 0 spiro atoms. The predicted octanol–water partition coefficient (Wildman–Crippen LogP) is 0.514. The first-order valence-corrected chi connectivity index (χ1v) is 4.58. The Balaban J connectivity index is 2.83. The number of esters is 1. The van der Waals surface area contributed by atoms with Crippen LogP contribution in [0.1, 0.15) is 16.1 Å². The summed E-state index contributed by atoms with van der Waals surface area (Å²) in [6.45, 7) is 2.56. The molecule has 0 bridgehead atoms. The highest BCUT2D eigenvalue weighted by Gasteiger charge is 2.10. The van der Waals surface area contributed by atoms with Gasteiger partial charge in [0.1, 0.15) is 6.61 Å². The van der Waals surface area contributed by atoms with Crippen molar-refractivity contribution in [3.05, 3.63) is 23.4 Å². The van der Waals surface area contributed by atoms with Crippen LogP contribution in [0.5, 0.6) is 5.88 Å². The molecular weight excluding hydrogens is 196 g/mol. The number of nitrogens with zero attached hydrogens (tertiary/aromatic N) is 1. The number of methoxy groups -OCH3 is 1. The number of carbonyl (C=O) groups is 1. The van der Waals surface area contributed by atoms with Gasteiger partial charge in [-0.2, -0.15) is 0 Å². The van der Waals surface area contributed by atoms with Gasteiger partial charge in [-0.3, -0.25) is 0 Å². The van der Waals surface area contributed by atoms with Crippen LogP contribution in [0.4, 0.5) is 0 Å². The Bertz CT molecular complexity index is 353. The Hall–Kier alpha value is -1.62. The molecule has 0 radical (unpaired) electrons. The summed E-state index contributed by atoms with van der Waals surface area (Å²) in [7, 11) is 1.33. The van der Waals surface area contributed by atoms with Gasteiger partial charge in [-0.05, 0) is 13.0 Å². The van der Waals surface area contributed by atoms with Gasteiger partial charge in [-0.15, -0.1) is 0 Å². The summed E-state index contributed by atoms with van der Waals surface area (Å²) in [4.78, 5) is 15.3. The molecule has 0 unspecified atom stereocenters. The first-order chi connectivity index (χ1) is 7.19. The van der Waals surface area contributed by atoms with E-state index in [9.17, 15) is 4.79 Å². The van der Waals surface area contributed by atoms with Gasteiger partial charge in [0.25, 0.3) is 0 Å². The molecule has 0 amide bonds. The van der Waals surface area contributed by atoms with E-state index >= 15 is 0 Å². The lowest BCUT2D eigenvalue weighted by Crippen LogP contribution is -2.12. The Morgan fingerprint density at radius 2 is 2.27 bits per heavy atom. The van der Waals surface area contributed by atoms with Crippen LogP contribution in [0.15, 0.2) is 12.1 Å². The highest BCUT2D eigenvalue weighted by atomic mass is 16.5. The normalized spacial score (nSPS) is 9.80. The van der Waals surface area contributed by atoms with Crippen molar-refractivity contribution in [1.82, 2.24) is 4.98 Å². The Labute approximate surface area is 88.2 Å². The minimum Gasteiger partial charge on any atom is -0.476 e. The van der Waals surface area contributed by atoms with Crippen molar-refractivity contribution in [2.75, 3.05) is 20.3 Å². The fourth-order valence-electron chi connectivity index (χ4n) is 1.11. The van der Waals surface area contributed by atoms with E-state index in [1.54, 1.807) is 19.1 Å².